The Morgan fingerprint density at radius 1 is 1.53 bits per heavy atom. The minimum absolute atomic E-state index is 0.188. The molecule has 1 rings (SSSR count). The highest BCUT2D eigenvalue weighted by Gasteiger charge is 2.19. The van der Waals surface area contributed by atoms with Crippen molar-refractivity contribution in [2.75, 3.05) is 6.54 Å². The van der Waals surface area contributed by atoms with Gasteiger partial charge in [0, 0.05) is 18.8 Å². The summed E-state index contributed by atoms with van der Waals surface area (Å²) in [5, 5.41) is 0. The van der Waals surface area contributed by atoms with Crippen LogP contribution in [0.3, 0.4) is 0 Å². The van der Waals surface area contributed by atoms with Gasteiger partial charge in [-0.15, -0.1) is 0 Å². The maximum Gasteiger partial charge on any atom is 0.242 e. The smallest absolute Gasteiger partial charge is 0.242 e. The molecule has 1 atom stereocenters. The zero-order chi connectivity index (χ0) is 12.9. The number of halogens is 1. The second kappa shape index (κ2) is 6.04. The summed E-state index contributed by atoms with van der Waals surface area (Å²) in [6.07, 6.45) is 3.50. The number of nitrogens with two attached hydrogens (primary N) is 1. The summed E-state index contributed by atoms with van der Waals surface area (Å²) in [4.78, 5) is 3.32. The predicted octanol–water partition coefficient (Wildman–Crippen LogP) is 0.626. The van der Waals surface area contributed by atoms with E-state index in [2.05, 4.69) is 9.71 Å². The van der Waals surface area contributed by atoms with E-state index in [1.165, 1.54) is 0 Å². The highest BCUT2D eigenvalue weighted by Crippen LogP contribution is 2.10. The van der Waals surface area contributed by atoms with Crippen molar-refractivity contribution >= 4 is 10.0 Å². The van der Waals surface area contributed by atoms with Gasteiger partial charge in [0.25, 0.3) is 0 Å². The van der Waals surface area contributed by atoms with Gasteiger partial charge in [0.2, 0.25) is 10.0 Å². The maximum absolute atomic E-state index is 12.9. The number of hydrogen-bond donors (Lipinski definition) is 2. The molecule has 0 aliphatic carbocycles. The van der Waals surface area contributed by atoms with E-state index in [-0.39, 0.29) is 17.5 Å². The highest BCUT2D eigenvalue weighted by molar-refractivity contribution is 7.89. The van der Waals surface area contributed by atoms with Gasteiger partial charge in [-0.3, -0.25) is 4.98 Å². The minimum Gasteiger partial charge on any atom is -0.329 e. The third-order valence-electron chi connectivity index (χ3n) is 2.23. The first-order chi connectivity index (χ1) is 7.99. The Kier molecular flexibility index (Phi) is 4.98. The van der Waals surface area contributed by atoms with E-state index in [0.29, 0.717) is 6.42 Å². The molecule has 1 heterocycles. The van der Waals surface area contributed by atoms with E-state index >= 15 is 0 Å². The average molecular weight is 261 g/mol. The van der Waals surface area contributed by atoms with Crippen LogP contribution < -0.4 is 10.5 Å². The Morgan fingerprint density at radius 3 is 2.76 bits per heavy atom. The van der Waals surface area contributed by atoms with Crippen molar-refractivity contribution < 1.29 is 12.8 Å². The lowest BCUT2D eigenvalue weighted by molar-refractivity contribution is 0.525. The monoisotopic (exact) mass is 261 g/mol. The number of pyridine rings is 1. The first-order valence-corrected chi connectivity index (χ1v) is 6.81. The van der Waals surface area contributed by atoms with Gasteiger partial charge in [-0.25, -0.2) is 17.5 Å². The van der Waals surface area contributed by atoms with Crippen LogP contribution in [0.25, 0.3) is 0 Å². The van der Waals surface area contributed by atoms with Gasteiger partial charge in [-0.1, -0.05) is 13.3 Å². The van der Waals surface area contributed by atoms with Crippen LogP contribution in [-0.2, 0) is 10.0 Å². The van der Waals surface area contributed by atoms with Crippen molar-refractivity contribution in [3.63, 3.8) is 0 Å². The molecule has 0 amide bonds. The summed E-state index contributed by atoms with van der Waals surface area (Å²) >= 11 is 0. The molecular weight excluding hydrogens is 245 g/mol. The van der Waals surface area contributed by atoms with Gasteiger partial charge in [0.15, 0.2) is 0 Å². The lowest BCUT2D eigenvalue weighted by Gasteiger charge is -2.15. The number of hydrogen-bond acceptors (Lipinski definition) is 4. The summed E-state index contributed by atoms with van der Waals surface area (Å²) in [5.74, 6) is -0.687. The molecule has 3 N–H and O–H groups in total. The second-order valence-corrected chi connectivity index (χ2v) is 5.40. The zero-order valence-electron chi connectivity index (χ0n) is 9.56. The molecule has 0 aromatic carbocycles. The standard InChI is InChI=1S/C10H16FN3O2S/c1-2-3-9(5-12)14-17(15,16)10-4-8(11)6-13-7-10/h4,6-7,9,14H,2-3,5,12H2,1H3. The molecule has 0 radical (unpaired) electrons. The summed E-state index contributed by atoms with van der Waals surface area (Å²) in [7, 11) is -3.75. The minimum atomic E-state index is -3.75. The van der Waals surface area contributed by atoms with Crippen molar-refractivity contribution in [3.05, 3.63) is 24.3 Å². The summed E-state index contributed by atoms with van der Waals surface area (Å²) in [5.41, 5.74) is 5.46. The molecule has 1 unspecified atom stereocenters. The molecular formula is C10H16FN3O2S. The topological polar surface area (TPSA) is 85.1 Å². The van der Waals surface area contributed by atoms with Crippen LogP contribution in [-0.4, -0.2) is 26.0 Å². The zero-order valence-corrected chi connectivity index (χ0v) is 10.4. The van der Waals surface area contributed by atoms with Crippen molar-refractivity contribution in [3.8, 4) is 0 Å². The predicted molar refractivity (Wildman–Crippen MR) is 62.3 cm³/mol. The first-order valence-electron chi connectivity index (χ1n) is 5.32. The molecule has 17 heavy (non-hydrogen) atoms. The summed E-state index contributed by atoms with van der Waals surface area (Å²) in [6, 6.07) is 0.586. The second-order valence-electron chi connectivity index (χ2n) is 3.68. The number of aromatic nitrogens is 1. The number of sulfonamides is 1. The van der Waals surface area contributed by atoms with E-state index in [1.807, 2.05) is 6.92 Å². The number of nitrogens with zero attached hydrogens (tertiary/aromatic N) is 1. The van der Waals surface area contributed by atoms with Crippen LogP contribution in [0, 0.1) is 5.82 Å². The Bertz CT molecular complexity index is 464. The lowest BCUT2D eigenvalue weighted by Crippen LogP contribution is -2.40. The average Bonchev–Trinajstić information content (AvgIpc) is 2.28. The van der Waals surface area contributed by atoms with E-state index < -0.39 is 15.8 Å². The molecule has 0 saturated carbocycles. The highest BCUT2D eigenvalue weighted by atomic mass is 32.2. The van der Waals surface area contributed by atoms with Crippen molar-refractivity contribution in [2.24, 2.45) is 5.73 Å². The van der Waals surface area contributed by atoms with Crippen LogP contribution in [0.15, 0.2) is 23.4 Å². The van der Waals surface area contributed by atoms with Crippen LogP contribution in [0.2, 0.25) is 0 Å². The number of nitrogens with one attached hydrogen (secondary N) is 1. The third kappa shape index (κ3) is 4.03. The number of rotatable bonds is 6. The summed E-state index contributed by atoms with van der Waals surface area (Å²) in [6.45, 7) is 2.14. The fourth-order valence-electron chi connectivity index (χ4n) is 1.40. The van der Waals surface area contributed by atoms with Crippen LogP contribution >= 0.6 is 0 Å². The lowest BCUT2D eigenvalue weighted by atomic mass is 10.2. The van der Waals surface area contributed by atoms with Crippen molar-refractivity contribution in [2.45, 2.75) is 30.7 Å². The Labute approximate surface area is 100 Å². The van der Waals surface area contributed by atoms with Gasteiger partial charge in [-0.2, -0.15) is 0 Å². The molecule has 0 aliphatic heterocycles. The third-order valence-corrected chi connectivity index (χ3v) is 3.72. The van der Waals surface area contributed by atoms with E-state index in [1.54, 1.807) is 0 Å². The molecule has 1 aromatic rings. The fourth-order valence-corrected chi connectivity index (χ4v) is 2.66. The van der Waals surface area contributed by atoms with E-state index in [9.17, 15) is 12.8 Å². The SMILES string of the molecule is CCCC(CN)NS(=O)(=O)c1cncc(F)c1. The van der Waals surface area contributed by atoms with E-state index in [0.717, 1.165) is 24.9 Å². The fraction of sp³-hybridized carbons (Fsp3) is 0.500. The summed E-state index contributed by atoms with van der Waals surface area (Å²) < 4.78 is 39.0. The Balaban J connectivity index is 2.88. The van der Waals surface area contributed by atoms with Gasteiger partial charge >= 0.3 is 0 Å². The molecule has 0 saturated heterocycles. The van der Waals surface area contributed by atoms with Crippen LogP contribution in [0.5, 0.6) is 0 Å². The van der Waals surface area contributed by atoms with Crippen LogP contribution in [0.1, 0.15) is 19.8 Å². The molecule has 7 heteroatoms. The molecule has 0 fully saturated rings. The maximum atomic E-state index is 12.9. The normalized spacial score (nSPS) is 13.6. The molecule has 0 aliphatic rings. The molecule has 1 aromatic heterocycles. The van der Waals surface area contributed by atoms with Crippen molar-refractivity contribution in [1.29, 1.82) is 0 Å². The Morgan fingerprint density at radius 2 is 2.24 bits per heavy atom. The quantitative estimate of drug-likeness (QED) is 0.786. The van der Waals surface area contributed by atoms with E-state index in [4.69, 9.17) is 5.73 Å². The molecule has 5 nitrogen and oxygen atoms in total. The largest absolute Gasteiger partial charge is 0.329 e. The Hall–Kier alpha value is -1.05. The first kappa shape index (κ1) is 14.0. The van der Waals surface area contributed by atoms with Crippen LogP contribution in [0.4, 0.5) is 4.39 Å². The molecule has 0 bridgehead atoms. The molecule has 0 spiro atoms. The van der Waals surface area contributed by atoms with Gasteiger partial charge in [-0.05, 0) is 12.5 Å². The molecule has 96 valence electrons. The van der Waals surface area contributed by atoms with Gasteiger partial charge in [0.1, 0.15) is 10.7 Å². The van der Waals surface area contributed by atoms with Crippen molar-refractivity contribution in [1.82, 2.24) is 9.71 Å². The van der Waals surface area contributed by atoms with Gasteiger partial charge in [0.05, 0.1) is 6.20 Å². The van der Waals surface area contributed by atoms with Gasteiger partial charge < -0.3 is 5.73 Å².